The molecule has 14 heteroatoms. The van der Waals surface area contributed by atoms with E-state index in [-0.39, 0.29) is 28.6 Å². The van der Waals surface area contributed by atoms with E-state index in [9.17, 15) is 26.4 Å². The van der Waals surface area contributed by atoms with Gasteiger partial charge in [-0.1, -0.05) is 5.16 Å². The number of methoxy groups -OCH3 is 1. The SMILES string of the molecule is COC1=C(n2c(=O)ccc3cc(S(=O)(=O)Nc4ccon4)ccc32)CC(F)C([C@H]2C[C@@H]2COC(F)(F)F)=C1. The third-order valence-corrected chi connectivity index (χ3v) is 7.82. The molecular formula is C24H21F4N3O6S. The van der Waals surface area contributed by atoms with Gasteiger partial charge in [0.25, 0.3) is 15.6 Å². The maximum atomic E-state index is 15.3. The minimum Gasteiger partial charge on any atom is -0.495 e. The third kappa shape index (κ3) is 5.18. The molecular weight excluding hydrogens is 534 g/mol. The molecule has 202 valence electrons. The van der Waals surface area contributed by atoms with Crippen LogP contribution in [0.4, 0.5) is 23.4 Å². The fourth-order valence-corrected chi connectivity index (χ4v) is 5.63. The van der Waals surface area contributed by atoms with Crippen LogP contribution in [-0.2, 0) is 19.5 Å². The van der Waals surface area contributed by atoms with Crippen LogP contribution in [0.2, 0.25) is 0 Å². The molecule has 0 saturated heterocycles. The van der Waals surface area contributed by atoms with Crippen LogP contribution in [0.3, 0.4) is 0 Å². The topological polar surface area (TPSA) is 113 Å². The predicted molar refractivity (Wildman–Crippen MR) is 127 cm³/mol. The monoisotopic (exact) mass is 555 g/mol. The first-order chi connectivity index (χ1) is 18.0. The van der Waals surface area contributed by atoms with Crippen molar-refractivity contribution in [1.29, 1.82) is 0 Å². The number of anilines is 1. The minimum absolute atomic E-state index is 0.00776. The van der Waals surface area contributed by atoms with E-state index < -0.39 is 46.6 Å². The third-order valence-electron chi connectivity index (χ3n) is 6.47. The Morgan fingerprint density at radius 2 is 2.00 bits per heavy atom. The Kier molecular flexibility index (Phi) is 6.55. The molecule has 9 nitrogen and oxygen atoms in total. The Morgan fingerprint density at radius 3 is 2.68 bits per heavy atom. The van der Waals surface area contributed by atoms with Crippen LogP contribution in [0.15, 0.2) is 74.3 Å². The molecule has 2 aliphatic rings. The van der Waals surface area contributed by atoms with Crippen molar-refractivity contribution in [2.75, 3.05) is 18.4 Å². The number of nitrogens with one attached hydrogen (secondary N) is 1. The van der Waals surface area contributed by atoms with Crippen molar-refractivity contribution in [2.24, 2.45) is 11.8 Å². The summed E-state index contributed by atoms with van der Waals surface area (Å²) in [7, 11) is -2.68. The summed E-state index contributed by atoms with van der Waals surface area (Å²) in [6, 6.07) is 8.07. The van der Waals surface area contributed by atoms with Crippen molar-refractivity contribution < 1.29 is 40.0 Å². The van der Waals surface area contributed by atoms with E-state index >= 15 is 4.39 Å². The maximum Gasteiger partial charge on any atom is 0.522 e. The van der Waals surface area contributed by atoms with Crippen LogP contribution in [0.5, 0.6) is 0 Å². The molecule has 5 rings (SSSR count). The van der Waals surface area contributed by atoms with E-state index in [0.29, 0.717) is 22.9 Å². The summed E-state index contributed by atoms with van der Waals surface area (Å²) >= 11 is 0. The largest absolute Gasteiger partial charge is 0.522 e. The average molecular weight is 556 g/mol. The molecule has 0 spiro atoms. The highest BCUT2D eigenvalue weighted by molar-refractivity contribution is 7.92. The number of hydrogen-bond donors (Lipinski definition) is 1. The number of fused-ring (bicyclic) bond motifs is 1. The van der Waals surface area contributed by atoms with Gasteiger partial charge in [-0.3, -0.25) is 18.8 Å². The summed E-state index contributed by atoms with van der Waals surface area (Å²) < 4.78 is 95.4. The lowest BCUT2D eigenvalue weighted by atomic mass is 9.94. The molecule has 1 aromatic carbocycles. The smallest absolute Gasteiger partial charge is 0.495 e. The zero-order valence-electron chi connectivity index (χ0n) is 19.7. The second-order valence-electron chi connectivity index (χ2n) is 8.91. The number of aromatic nitrogens is 2. The summed E-state index contributed by atoms with van der Waals surface area (Å²) in [5, 5.41) is 3.90. The lowest BCUT2D eigenvalue weighted by molar-refractivity contribution is -0.326. The Bertz CT molecular complexity index is 1600. The van der Waals surface area contributed by atoms with Crippen molar-refractivity contribution in [3.8, 4) is 0 Å². The van der Waals surface area contributed by atoms with Gasteiger partial charge in [-0.05, 0) is 54.2 Å². The minimum atomic E-state index is -4.76. The second kappa shape index (κ2) is 9.58. The van der Waals surface area contributed by atoms with Gasteiger partial charge in [-0.15, -0.1) is 13.2 Å². The molecule has 0 aliphatic heterocycles. The van der Waals surface area contributed by atoms with E-state index in [1.165, 1.54) is 60.4 Å². The van der Waals surface area contributed by atoms with E-state index in [1.54, 1.807) is 0 Å². The number of ether oxygens (including phenoxy) is 2. The highest BCUT2D eigenvalue weighted by atomic mass is 32.2. The van der Waals surface area contributed by atoms with Crippen molar-refractivity contribution in [1.82, 2.24) is 9.72 Å². The first-order valence-corrected chi connectivity index (χ1v) is 12.9. The van der Waals surface area contributed by atoms with Gasteiger partial charge in [-0.25, -0.2) is 12.8 Å². The van der Waals surface area contributed by atoms with Gasteiger partial charge in [0.1, 0.15) is 18.2 Å². The molecule has 0 bridgehead atoms. The molecule has 0 radical (unpaired) electrons. The standard InChI is InChI=1S/C24H21F4N3O6S/c1-35-21-10-17(16-9-14(16)12-36-24(26,27)28)18(25)11-20(21)31-19-4-3-15(8-13(19)2-5-23(31)32)38(33,34)30-22-6-7-37-29-22/h2-8,10,14,16,18H,9,11-12H2,1H3,(H,29,30)/t14-,16+,18?/m1/s1. The molecule has 38 heavy (non-hydrogen) atoms. The van der Waals surface area contributed by atoms with Crippen LogP contribution in [-0.4, -0.2) is 44.4 Å². The molecule has 2 heterocycles. The van der Waals surface area contributed by atoms with E-state index in [4.69, 9.17) is 4.74 Å². The van der Waals surface area contributed by atoms with Crippen LogP contribution < -0.4 is 10.3 Å². The highest BCUT2D eigenvalue weighted by Gasteiger charge is 2.46. The van der Waals surface area contributed by atoms with Gasteiger partial charge in [0.2, 0.25) is 0 Å². The fourth-order valence-electron chi connectivity index (χ4n) is 4.60. The number of nitrogens with zero attached hydrogens (tertiary/aromatic N) is 2. The summed E-state index contributed by atoms with van der Waals surface area (Å²) in [5.74, 6) is -0.706. The number of halogens is 4. The molecule has 1 fully saturated rings. The van der Waals surface area contributed by atoms with Crippen molar-refractivity contribution >= 4 is 32.4 Å². The van der Waals surface area contributed by atoms with Crippen molar-refractivity contribution in [2.45, 2.75) is 30.3 Å². The number of allylic oxidation sites excluding steroid dienone is 3. The summed E-state index contributed by atoms with van der Waals surface area (Å²) in [6.07, 6.45) is -3.59. The molecule has 0 amide bonds. The predicted octanol–water partition coefficient (Wildman–Crippen LogP) is 4.45. The van der Waals surface area contributed by atoms with Crippen LogP contribution in [0.25, 0.3) is 16.6 Å². The summed E-state index contributed by atoms with van der Waals surface area (Å²) in [4.78, 5) is 12.8. The van der Waals surface area contributed by atoms with Crippen LogP contribution in [0.1, 0.15) is 12.8 Å². The maximum absolute atomic E-state index is 15.3. The Morgan fingerprint density at radius 1 is 1.21 bits per heavy atom. The van der Waals surface area contributed by atoms with Crippen molar-refractivity contribution in [3.63, 3.8) is 0 Å². The van der Waals surface area contributed by atoms with Crippen LogP contribution in [0, 0.1) is 11.8 Å². The first kappa shape index (κ1) is 26.0. The van der Waals surface area contributed by atoms with E-state index in [0.717, 1.165) is 0 Å². The Labute approximate surface area is 213 Å². The van der Waals surface area contributed by atoms with Gasteiger partial charge in [0, 0.05) is 23.9 Å². The number of rotatable bonds is 8. The quantitative estimate of drug-likeness (QED) is 0.409. The normalized spacial score (nSPS) is 21.9. The van der Waals surface area contributed by atoms with Gasteiger partial charge >= 0.3 is 6.36 Å². The fraction of sp³-hybridized carbons (Fsp3) is 0.333. The number of hydrogen-bond acceptors (Lipinski definition) is 7. The molecule has 3 aromatic rings. The Balaban J connectivity index is 1.49. The lowest BCUT2D eigenvalue weighted by Gasteiger charge is -2.25. The summed E-state index contributed by atoms with van der Waals surface area (Å²) in [5.41, 5.74) is 0.320. The van der Waals surface area contributed by atoms with Crippen molar-refractivity contribution in [3.05, 3.63) is 70.4 Å². The number of benzene rings is 1. The zero-order chi connectivity index (χ0) is 27.2. The molecule has 2 aliphatic carbocycles. The lowest BCUT2D eigenvalue weighted by Crippen LogP contribution is -2.25. The first-order valence-electron chi connectivity index (χ1n) is 11.4. The molecule has 2 aromatic heterocycles. The van der Waals surface area contributed by atoms with Gasteiger partial charge in [0.05, 0.1) is 29.8 Å². The number of sulfonamides is 1. The molecule has 1 unspecified atom stereocenters. The van der Waals surface area contributed by atoms with Gasteiger partial charge < -0.3 is 9.26 Å². The van der Waals surface area contributed by atoms with Crippen LogP contribution >= 0.6 is 0 Å². The number of alkyl halides is 4. The van der Waals surface area contributed by atoms with Gasteiger partial charge in [-0.2, -0.15) is 0 Å². The zero-order valence-corrected chi connectivity index (χ0v) is 20.6. The highest BCUT2D eigenvalue weighted by Crippen LogP contribution is 2.49. The summed E-state index contributed by atoms with van der Waals surface area (Å²) in [6.45, 7) is -0.559. The van der Waals surface area contributed by atoms with Gasteiger partial charge in [0.15, 0.2) is 5.82 Å². The molecule has 3 atom stereocenters. The van der Waals surface area contributed by atoms with E-state index in [2.05, 4.69) is 19.1 Å². The molecule has 1 saturated carbocycles. The average Bonchev–Trinajstić information content (AvgIpc) is 3.46. The van der Waals surface area contributed by atoms with E-state index in [1.807, 2.05) is 0 Å². The second-order valence-corrected chi connectivity index (χ2v) is 10.6. The number of pyridine rings is 1. The Hall–Kier alpha value is -3.65. The molecule has 1 N–H and O–H groups in total.